The van der Waals surface area contributed by atoms with Crippen LogP contribution < -0.4 is 75.2 Å². The Bertz CT molecular complexity index is 6220. The van der Waals surface area contributed by atoms with Crippen LogP contribution in [-0.4, -0.2) is 206 Å². The SMILES string of the molecule is CCc1cc(C2=CCN(C)CC2)cn2c(=O)cc(-c3ccc(OC)c(OC)c3)nc12.CCc1cc(C2=CCN(CC)CC2)cn2c(=O)cc(-c3ccc(OC)c(OC)c3)nc12.COc1ccc(-c2cc(=O)n3cc(N4CCC(NC(C)C)CC4)cc(C)c3n2)cc1OC.COc1ccc(-c2cc(=O)n3cc(N4CCN5CCC[C@H]5C4)cc(C)c3n2)cc1OC. The third kappa shape index (κ3) is 19.3. The van der Waals surface area contributed by atoms with Gasteiger partial charge in [0.15, 0.2) is 46.0 Å². The maximum atomic E-state index is 13.1. The van der Waals surface area contributed by atoms with Crippen molar-refractivity contribution in [1.82, 2.24) is 57.6 Å². The number of fused-ring (bicyclic) bond motifs is 5. The number of nitrogens with one attached hydrogen (secondary N) is 1. The number of pyridine rings is 4. The van der Waals surface area contributed by atoms with E-state index in [2.05, 4.69) is 108 Å². The molecule has 26 heteroatoms. The van der Waals surface area contributed by atoms with E-state index < -0.39 is 0 Å². The third-order valence-corrected chi connectivity index (χ3v) is 24.3. The van der Waals surface area contributed by atoms with Crippen molar-refractivity contribution in [2.75, 3.05) is 146 Å². The zero-order valence-corrected chi connectivity index (χ0v) is 74.4. The minimum Gasteiger partial charge on any atom is -0.493 e. The van der Waals surface area contributed by atoms with Gasteiger partial charge in [0.2, 0.25) is 0 Å². The van der Waals surface area contributed by atoms with Crippen molar-refractivity contribution < 1.29 is 37.9 Å². The molecule has 1 atom stereocenters. The molecule has 0 bridgehead atoms. The Kier molecular flexibility index (Phi) is 28.0. The molecule has 8 aromatic heterocycles. The number of anilines is 2. The number of hydrogen-bond acceptors (Lipinski definition) is 22. The zero-order chi connectivity index (χ0) is 87.6. The molecule has 4 aromatic carbocycles. The van der Waals surface area contributed by atoms with Crippen LogP contribution in [0.5, 0.6) is 46.0 Å². The number of ether oxygens (including phenoxy) is 8. The number of aryl methyl sites for hydroxylation is 4. The van der Waals surface area contributed by atoms with Gasteiger partial charge in [0.1, 0.15) is 22.6 Å². The van der Waals surface area contributed by atoms with Crippen LogP contribution in [0.15, 0.2) is 177 Å². The number of piperazine rings is 1. The van der Waals surface area contributed by atoms with Crippen molar-refractivity contribution in [3.05, 3.63) is 233 Å². The van der Waals surface area contributed by atoms with Crippen LogP contribution in [0, 0.1) is 13.8 Å². The maximum absolute atomic E-state index is 13.1. The predicted molar refractivity (Wildman–Crippen MR) is 493 cm³/mol. The van der Waals surface area contributed by atoms with Gasteiger partial charge in [-0.1, -0.05) is 46.8 Å². The summed E-state index contributed by atoms with van der Waals surface area (Å²) in [4.78, 5) is 83.6. The summed E-state index contributed by atoms with van der Waals surface area (Å²) in [6.07, 6.45) is 20.6. The molecule has 0 amide bonds. The van der Waals surface area contributed by atoms with E-state index in [0.717, 1.165) is 171 Å². The van der Waals surface area contributed by atoms with Gasteiger partial charge in [-0.25, -0.2) is 19.9 Å². The van der Waals surface area contributed by atoms with E-state index in [1.54, 1.807) is 98.7 Å². The molecule has 5 aliphatic heterocycles. The van der Waals surface area contributed by atoms with Gasteiger partial charge in [0, 0.05) is 148 Å². The second-order valence-electron chi connectivity index (χ2n) is 32.4. The van der Waals surface area contributed by atoms with E-state index in [-0.39, 0.29) is 22.2 Å². The van der Waals surface area contributed by atoms with Gasteiger partial charge in [-0.3, -0.25) is 46.6 Å². The van der Waals surface area contributed by atoms with Gasteiger partial charge in [0.05, 0.1) is 91.0 Å². The number of rotatable bonds is 21. The van der Waals surface area contributed by atoms with Crippen LogP contribution in [0.3, 0.4) is 0 Å². The van der Waals surface area contributed by atoms with E-state index >= 15 is 0 Å². The number of nitrogens with zero attached hydrogens (tertiary/aromatic N) is 13. The molecule has 0 aliphatic carbocycles. The van der Waals surface area contributed by atoms with Crippen molar-refractivity contribution in [3.8, 4) is 91.0 Å². The minimum absolute atomic E-state index is 0.0840. The molecule has 0 radical (unpaired) electrons. The molecule has 3 fully saturated rings. The van der Waals surface area contributed by atoms with Gasteiger partial charge >= 0.3 is 0 Å². The monoisotopic (exact) mass is 1680 g/mol. The van der Waals surface area contributed by atoms with Gasteiger partial charge in [-0.05, 0) is 227 Å². The van der Waals surface area contributed by atoms with Gasteiger partial charge in [0.25, 0.3) is 22.2 Å². The number of hydrogen-bond donors (Lipinski definition) is 1. The number of piperidine rings is 1. The number of likely N-dealkylation sites (N-methyl/N-ethyl adjacent to an activating group) is 2. The Morgan fingerprint density at radius 2 is 0.790 bits per heavy atom. The summed E-state index contributed by atoms with van der Waals surface area (Å²) in [7, 11) is 14.9. The van der Waals surface area contributed by atoms with Crippen molar-refractivity contribution in [1.29, 1.82) is 0 Å². The lowest BCUT2D eigenvalue weighted by atomic mass is 9.99. The molecule has 26 nitrogen and oxygen atoms in total. The van der Waals surface area contributed by atoms with Gasteiger partial charge in [-0.2, -0.15) is 0 Å². The minimum atomic E-state index is -0.0962. The zero-order valence-electron chi connectivity index (χ0n) is 74.4. The number of aromatic nitrogens is 8. The Morgan fingerprint density at radius 1 is 0.403 bits per heavy atom. The smallest absolute Gasteiger partial charge is 0.258 e. The molecule has 124 heavy (non-hydrogen) atoms. The first-order chi connectivity index (χ1) is 60.1. The van der Waals surface area contributed by atoms with Crippen molar-refractivity contribution in [2.24, 2.45) is 0 Å². The normalized spacial score (nSPS) is 15.7. The Morgan fingerprint density at radius 3 is 1.15 bits per heavy atom. The molecule has 12 aromatic rings. The second-order valence-corrected chi connectivity index (χ2v) is 32.4. The molecule has 0 unspecified atom stereocenters. The van der Waals surface area contributed by atoms with Gasteiger partial charge in [-0.15, -0.1) is 0 Å². The molecular weight excluding hydrogens is 1570 g/mol. The van der Waals surface area contributed by atoms with Crippen LogP contribution >= 0.6 is 0 Å². The highest BCUT2D eigenvalue weighted by Crippen LogP contribution is 2.38. The summed E-state index contributed by atoms with van der Waals surface area (Å²) in [6, 6.07) is 39.0. The first-order valence-electron chi connectivity index (χ1n) is 43.0. The largest absolute Gasteiger partial charge is 0.493 e. The molecule has 0 saturated carbocycles. The highest BCUT2D eigenvalue weighted by molar-refractivity contribution is 5.75. The lowest BCUT2D eigenvalue weighted by molar-refractivity contribution is 0.231. The molecule has 13 heterocycles. The van der Waals surface area contributed by atoms with Gasteiger partial charge < -0.3 is 57.9 Å². The molecule has 17 rings (SSSR count). The standard InChI is InChI=1S/C25H32N4O3.C25H29N3O3.C24H28N4O3.C24H27N3O3/c1-16(2)26-19-8-10-28(11-9-19)20-12-17(3)25-27-21(14-24(30)29(25)15-20)18-6-7-22(31-4)23(13-18)32-5;1-5-17-13-20(18-9-11-27(6-2)12-10-18)16-28-24(29)15-21(26-25(17)28)19-7-8-22(30-3)23(14-19)31-4;1-16-11-19(27-10-9-26-8-4-5-18(26)14-27)15-28-23(29)13-20(25-24(16)28)17-6-7-21(30-2)22(12-17)31-3;1-5-16-12-19(17-8-10-26(2)11-9-17)15-27-23(28)14-20(25-24(16)27)18-6-7-21(29-3)22(13-18)30-4/h6-7,12-16,19,26H,8-11H2,1-5H3;7-9,13-16H,5-6,10-12H2,1-4H3;6-7,11-13,15,18H,4-5,8-10,14H2,1-3H3;6-8,12-15H,5,9-11H2,1-4H3/t;;18-;/m..0./s1. The van der Waals surface area contributed by atoms with E-state index in [0.29, 0.717) is 109 Å². The quantitative estimate of drug-likeness (QED) is 0.0703. The lowest BCUT2D eigenvalue weighted by Gasteiger charge is -2.39. The van der Waals surface area contributed by atoms with Crippen LogP contribution in [-0.2, 0) is 12.8 Å². The summed E-state index contributed by atoms with van der Waals surface area (Å²) in [5.41, 5.74) is 19.2. The van der Waals surface area contributed by atoms with Crippen LogP contribution in [0.2, 0.25) is 0 Å². The van der Waals surface area contributed by atoms with E-state index in [1.807, 2.05) is 111 Å². The molecular formula is C98H116N14O12. The predicted octanol–water partition coefficient (Wildman–Crippen LogP) is 14.3. The highest BCUT2D eigenvalue weighted by Gasteiger charge is 2.32. The fraction of sp³-hybridized carbons (Fsp3) is 0.388. The Balaban J connectivity index is 0.000000135. The Labute approximate surface area is 724 Å². The van der Waals surface area contributed by atoms with Crippen molar-refractivity contribution in [3.63, 3.8) is 0 Å². The summed E-state index contributed by atoms with van der Waals surface area (Å²) >= 11 is 0. The Hall–Kier alpha value is -12.4. The fourth-order valence-electron chi connectivity index (χ4n) is 17.3. The van der Waals surface area contributed by atoms with Crippen LogP contribution in [0.1, 0.15) is 107 Å². The van der Waals surface area contributed by atoms with E-state index in [9.17, 15) is 19.2 Å². The summed E-state index contributed by atoms with van der Waals surface area (Å²) in [5.74, 6) is 5.01. The summed E-state index contributed by atoms with van der Waals surface area (Å²) < 4.78 is 49.6. The summed E-state index contributed by atoms with van der Waals surface area (Å²) in [5, 5.41) is 3.63. The lowest BCUT2D eigenvalue weighted by Crippen LogP contribution is -2.50. The topological polar surface area (TPSA) is 240 Å². The molecule has 3 saturated heterocycles. The number of methoxy groups -OCH3 is 8. The van der Waals surface area contributed by atoms with Crippen LogP contribution in [0.4, 0.5) is 11.4 Å². The van der Waals surface area contributed by atoms with E-state index in [1.165, 1.54) is 30.5 Å². The fourth-order valence-corrected chi connectivity index (χ4v) is 17.3. The van der Waals surface area contributed by atoms with E-state index in [4.69, 9.17) is 57.8 Å². The maximum Gasteiger partial charge on any atom is 0.258 e. The van der Waals surface area contributed by atoms with Crippen LogP contribution in [0.25, 0.3) is 78.8 Å². The highest BCUT2D eigenvalue weighted by atomic mass is 16.5. The second kappa shape index (κ2) is 39.4. The number of benzene rings is 4. The molecule has 0 spiro atoms. The molecule has 5 aliphatic rings. The average Bonchev–Trinajstić information content (AvgIpc) is 0.900. The van der Waals surface area contributed by atoms with Crippen molar-refractivity contribution >= 4 is 45.1 Å². The first kappa shape index (κ1) is 88.0. The third-order valence-electron chi connectivity index (χ3n) is 24.3. The van der Waals surface area contributed by atoms with Crippen molar-refractivity contribution in [2.45, 2.75) is 118 Å². The molecule has 650 valence electrons. The average molecular weight is 1680 g/mol. The molecule has 1 N–H and O–H groups in total. The first-order valence-corrected chi connectivity index (χ1v) is 43.0. The summed E-state index contributed by atoms with van der Waals surface area (Å²) in [6.45, 7) is 26.1.